The summed E-state index contributed by atoms with van der Waals surface area (Å²) in [4.78, 5) is 0. The minimum atomic E-state index is -0.0977. The molecule has 15 heavy (non-hydrogen) atoms. The Kier molecular flexibility index (Phi) is 2.28. The summed E-state index contributed by atoms with van der Waals surface area (Å²) in [5, 5.41) is 0. The number of aryl methyl sites for hydroxylation is 1. The van der Waals surface area contributed by atoms with Crippen LogP contribution in [-0.4, -0.2) is 0 Å². The molecule has 1 aliphatic carbocycles. The second kappa shape index (κ2) is 3.36. The molecule has 78 valence electrons. The van der Waals surface area contributed by atoms with Crippen molar-refractivity contribution in [3.8, 4) is 0 Å². The van der Waals surface area contributed by atoms with Crippen LogP contribution in [0.4, 0.5) is 4.39 Å². The molecule has 0 radical (unpaired) electrons. The van der Waals surface area contributed by atoms with Crippen LogP contribution in [0.15, 0.2) is 36.1 Å². The molecule has 0 aromatic heterocycles. The standard InChI is InChI=1S/C14H15F/c1-4-11(3)14(7-8-14)12-6-5-10(2)9-13(12)15/h5-6,9H,1,7-8H2,2-3H3. The maximum absolute atomic E-state index is 13.8. The van der Waals surface area contributed by atoms with Crippen LogP contribution in [0.1, 0.15) is 30.9 Å². The quantitative estimate of drug-likeness (QED) is 0.638. The molecule has 0 saturated heterocycles. The number of hydrogen-bond donors (Lipinski definition) is 0. The molecule has 0 heterocycles. The molecular formula is C14H15F. The number of halogens is 1. The fourth-order valence-electron chi connectivity index (χ4n) is 2.15. The van der Waals surface area contributed by atoms with Crippen molar-refractivity contribution in [2.75, 3.05) is 0 Å². The van der Waals surface area contributed by atoms with Crippen molar-refractivity contribution in [2.45, 2.75) is 32.1 Å². The van der Waals surface area contributed by atoms with Crippen molar-refractivity contribution in [1.82, 2.24) is 0 Å². The van der Waals surface area contributed by atoms with E-state index in [4.69, 9.17) is 0 Å². The Morgan fingerprint density at radius 2 is 2.13 bits per heavy atom. The molecule has 1 aromatic rings. The van der Waals surface area contributed by atoms with E-state index in [1.807, 2.05) is 26.0 Å². The average Bonchev–Trinajstić information content (AvgIpc) is 2.97. The van der Waals surface area contributed by atoms with Gasteiger partial charge in [-0.3, -0.25) is 0 Å². The molecule has 0 amide bonds. The lowest BCUT2D eigenvalue weighted by Gasteiger charge is -2.16. The van der Waals surface area contributed by atoms with Crippen molar-refractivity contribution in [1.29, 1.82) is 0 Å². The summed E-state index contributed by atoms with van der Waals surface area (Å²) in [5.41, 5.74) is 5.64. The van der Waals surface area contributed by atoms with Gasteiger partial charge in [-0.05, 0) is 49.5 Å². The van der Waals surface area contributed by atoms with Crippen molar-refractivity contribution in [2.24, 2.45) is 0 Å². The van der Waals surface area contributed by atoms with Gasteiger partial charge in [0, 0.05) is 5.41 Å². The number of allylic oxidation sites excluding steroid dienone is 1. The van der Waals surface area contributed by atoms with Gasteiger partial charge in [-0.1, -0.05) is 18.7 Å². The van der Waals surface area contributed by atoms with Gasteiger partial charge in [-0.25, -0.2) is 4.39 Å². The third kappa shape index (κ3) is 1.53. The first kappa shape index (κ1) is 10.2. The Balaban J connectivity index is 2.51. The van der Waals surface area contributed by atoms with Crippen LogP contribution in [0.5, 0.6) is 0 Å². The summed E-state index contributed by atoms with van der Waals surface area (Å²) in [6.45, 7) is 7.55. The molecule has 1 aliphatic rings. The Morgan fingerprint density at radius 1 is 1.47 bits per heavy atom. The van der Waals surface area contributed by atoms with Crippen LogP contribution in [0.2, 0.25) is 0 Å². The van der Waals surface area contributed by atoms with Gasteiger partial charge >= 0.3 is 0 Å². The number of hydrogen-bond acceptors (Lipinski definition) is 0. The molecule has 1 aromatic carbocycles. The Bertz CT molecular complexity index is 446. The topological polar surface area (TPSA) is 0 Å². The van der Waals surface area contributed by atoms with E-state index in [0.717, 1.165) is 29.5 Å². The van der Waals surface area contributed by atoms with Gasteiger partial charge < -0.3 is 0 Å². The Labute approximate surface area is 90.1 Å². The molecule has 1 saturated carbocycles. The van der Waals surface area contributed by atoms with Crippen molar-refractivity contribution in [3.63, 3.8) is 0 Å². The highest BCUT2D eigenvalue weighted by atomic mass is 19.1. The summed E-state index contributed by atoms with van der Waals surface area (Å²) in [6, 6.07) is 5.47. The van der Waals surface area contributed by atoms with Crippen molar-refractivity contribution < 1.29 is 4.39 Å². The summed E-state index contributed by atoms with van der Waals surface area (Å²) < 4.78 is 13.8. The zero-order chi connectivity index (χ0) is 11.1. The lowest BCUT2D eigenvalue weighted by molar-refractivity contribution is 0.591. The summed E-state index contributed by atoms with van der Waals surface area (Å²) in [6.07, 6.45) is 2.03. The highest BCUT2D eigenvalue weighted by molar-refractivity contribution is 5.43. The highest BCUT2D eigenvalue weighted by Gasteiger charge is 2.47. The molecule has 0 unspecified atom stereocenters. The van der Waals surface area contributed by atoms with Crippen LogP contribution in [0, 0.1) is 12.7 Å². The zero-order valence-electron chi connectivity index (χ0n) is 9.23. The first-order valence-electron chi connectivity index (χ1n) is 5.24. The second-order valence-electron chi connectivity index (χ2n) is 4.37. The van der Waals surface area contributed by atoms with Gasteiger partial charge in [0.25, 0.3) is 0 Å². The van der Waals surface area contributed by atoms with Gasteiger partial charge in [0.2, 0.25) is 0 Å². The fraction of sp³-hybridized carbons (Fsp3) is 0.357. The molecule has 0 atom stereocenters. The van der Waals surface area contributed by atoms with Crippen LogP contribution in [0.25, 0.3) is 0 Å². The maximum Gasteiger partial charge on any atom is 0.127 e. The van der Waals surface area contributed by atoms with Crippen LogP contribution in [0.3, 0.4) is 0 Å². The molecule has 2 rings (SSSR count). The largest absolute Gasteiger partial charge is 0.207 e. The predicted octanol–water partition coefficient (Wildman–Crippen LogP) is 3.90. The normalized spacial score (nSPS) is 17.0. The predicted molar refractivity (Wildman–Crippen MR) is 60.4 cm³/mol. The van der Waals surface area contributed by atoms with Gasteiger partial charge in [0.1, 0.15) is 5.82 Å². The SMILES string of the molecule is C=C=C(C)C1(c2ccc(C)cc2F)CC1. The average molecular weight is 202 g/mol. The fourth-order valence-corrected chi connectivity index (χ4v) is 2.15. The molecule has 1 fully saturated rings. The van der Waals surface area contributed by atoms with Gasteiger partial charge in [-0.15, -0.1) is 5.73 Å². The van der Waals surface area contributed by atoms with E-state index < -0.39 is 0 Å². The van der Waals surface area contributed by atoms with E-state index in [2.05, 4.69) is 12.3 Å². The third-order valence-electron chi connectivity index (χ3n) is 3.37. The lowest BCUT2D eigenvalue weighted by Crippen LogP contribution is -2.10. The minimum absolute atomic E-state index is 0.0953. The second-order valence-corrected chi connectivity index (χ2v) is 4.37. The lowest BCUT2D eigenvalue weighted by atomic mass is 9.88. The van der Waals surface area contributed by atoms with Crippen molar-refractivity contribution >= 4 is 0 Å². The molecule has 0 N–H and O–H groups in total. The summed E-state index contributed by atoms with van der Waals surface area (Å²) >= 11 is 0. The van der Waals surface area contributed by atoms with Crippen LogP contribution >= 0.6 is 0 Å². The monoisotopic (exact) mass is 202 g/mol. The van der Waals surface area contributed by atoms with E-state index in [1.165, 1.54) is 0 Å². The van der Waals surface area contributed by atoms with Gasteiger partial charge in [0.15, 0.2) is 0 Å². The summed E-state index contributed by atoms with van der Waals surface area (Å²) in [7, 11) is 0. The molecule has 1 heteroatoms. The first-order chi connectivity index (χ1) is 7.10. The summed E-state index contributed by atoms with van der Waals surface area (Å²) in [5.74, 6) is -0.0953. The molecule has 0 nitrogen and oxygen atoms in total. The van der Waals surface area contributed by atoms with E-state index >= 15 is 0 Å². The molecule has 0 aliphatic heterocycles. The zero-order valence-corrected chi connectivity index (χ0v) is 9.23. The Morgan fingerprint density at radius 3 is 2.60 bits per heavy atom. The minimum Gasteiger partial charge on any atom is -0.207 e. The van der Waals surface area contributed by atoms with E-state index in [0.29, 0.717) is 0 Å². The van der Waals surface area contributed by atoms with Crippen LogP contribution < -0.4 is 0 Å². The molecular weight excluding hydrogens is 187 g/mol. The van der Waals surface area contributed by atoms with Gasteiger partial charge in [0.05, 0.1) is 0 Å². The van der Waals surface area contributed by atoms with Gasteiger partial charge in [-0.2, -0.15) is 0 Å². The van der Waals surface area contributed by atoms with E-state index in [1.54, 1.807) is 6.07 Å². The smallest absolute Gasteiger partial charge is 0.127 e. The highest BCUT2D eigenvalue weighted by Crippen LogP contribution is 2.54. The van der Waals surface area contributed by atoms with E-state index in [9.17, 15) is 4.39 Å². The van der Waals surface area contributed by atoms with Crippen LogP contribution in [-0.2, 0) is 5.41 Å². The Hall–Kier alpha value is -1.33. The maximum atomic E-state index is 13.8. The number of rotatable bonds is 2. The first-order valence-corrected chi connectivity index (χ1v) is 5.24. The van der Waals surface area contributed by atoms with Crippen molar-refractivity contribution in [3.05, 3.63) is 53.0 Å². The number of benzene rings is 1. The van der Waals surface area contributed by atoms with E-state index in [-0.39, 0.29) is 11.2 Å². The third-order valence-corrected chi connectivity index (χ3v) is 3.37. The molecule has 0 bridgehead atoms. The molecule has 0 spiro atoms.